The van der Waals surface area contributed by atoms with Crippen molar-refractivity contribution in [3.8, 4) is 5.69 Å². The monoisotopic (exact) mass is 175 g/mol. The summed E-state index contributed by atoms with van der Waals surface area (Å²) < 4.78 is 1.82. The van der Waals surface area contributed by atoms with Gasteiger partial charge < -0.3 is 5.73 Å². The molecule has 5 nitrogen and oxygen atoms in total. The summed E-state index contributed by atoms with van der Waals surface area (Å²) in [6.07, 6.45) is 4.92. The number of anilines is 1. The number of nitrogens with zero attached hydrogens (tertiary/aromatic N) is 4. The van der Waals surface area contributed by atoms with E-state index in [-0.39, 0.29) is 0 Å². The summed E-state index contributed by atoms with van der Waals surface area (Å²) in [5.41, 5.74) is 7.22. The summed E-state index contributed by atoms with van der Waals surface area (Å²) in [6.45, 7) is 1.87. The van der Waals surface area contributed by atoms with Crippen LogP contribution in [0.3, 0.4) is 0 Å². The van der Waals surface area contributed by atoms with E-state index in [1.54, 1.807) is 18.7 Å². The topological polar surface area (TPSA) is 69.6 Å². The highest BCUT2D eigenvalue weighted by atomic mass is 15.3. The van der Waals surface area contributed by atoms with Gasteiger partial charge in [0.15, 0.2) is 0 Å². The van der Waals surface area contributed by atoms with Crippen LogP contribution in [-0.2, 0) is 0 Å². The van der Waals surface area contributed by atoms with E-state index in [1.165, 1.54) is 0 Å². The molecule has 2 N–H and O–H groups in total. The van der Waals surface area contributed by atoms with Crippen molar-refractivity contribution < 1.29 is 0 Å². The van der Waals surface area contributed by atoms with Crippen LogP contribution in [-0.4, -0.2) is 19.7 Å². The van der Waals surface area contributed by atoms with Gasteiger partial charge in [0.05, 0.1) is 17.6 Å². The highest BCUT2D eigenvalue weighted by molar-refractivity contribution is 5.55. The normalized spacial score (nSPS) is 10.2. The predicted octanol–water partition coefficient (Wildman–Crippen LogP) is 0.553. The van der Waals surface area contributed by atoms with Crippen LogP contribution in [0.1, 0.15) is 5.82 Å². The van der Waals surface area contributed by atoms with Crippen molar-refractivity contribution in [2.24, 2.45) is 0 Å². The molecule has 0 aliphatic rings. The zero-order chi connectivity index (χ0) is 9.26. The number of aromatic nitrogens is 4. The fraction of sp³-hybridized carbons (Fsp3) is 0.125. The quantitative estimate of drug-likeness (QED) is 0.687. The SMILES string of the molecule is Cc1nncn1-c1ccncc1N. The van der Waals surface area contributed by atoms with Crippen LogP contribution in [0.5, 0.6) is 0 Å². The van der Waals surface area contributed by atoms with Gasteiger partial charge >= 0.3 is 0 Å². The minimum atomic E-state index is 0.616. The molecule has 0 saturated heterocycles. The minimum absolute atomic E-state index is 0.616. The second kappa shape index (κ2) is 2.85. The predicted molar refractivity (Wildman–Crippen MR) is 48.3 cm³/mol. The average molecular weight is 175 g/mol. The summed E-state index contributed by atoms with van der Waals surface area (Å²) in [6, 6.07) is 1.83. The molecule has 0 atom stereocenters. The Kier molecular flexibility index (Phi) is 1.70. The van der Waals surface area contributed by atoms with E-state index in [4.69, 9.17) is 5.73 Å². The van der Waals surface area contributed by atoms with Gasteiger partial charge in [0.1, 0.15) is 12.2 Å². The third-order valence-electron chi connectivity index (χ3n) is 1.81. The van der Waals surface area contributed by atoms with Gasteiger partial charge in [-0.1, -0.05) is 0 Å². The van der Waals surface area contributed by atoms with Crippen molar-refractivity contribution in [2.75, 3.05) is 5.73 Å². The molecule has 66 valence electrons. The molecule has 2 rings (SSSR count). The van der Waals surface area contributed by atoms with Crippen LogP contribution >= 0.6 is 0 Å². The van der Waals surface area contributed by atoms with Gasteiger partial charge in [-0.3, -0.25) is 9.55 Å². The number of hydrogen-bond acceptors (Lipinski definition) is 4. The molecule has 2 heterocycles. The van der Waals surface area contributed by atoms with Gasteiger partial charge in [-0.25, -0.2) is 0 Å². The largest absolute Gasteiger partial charge is 0.396 e. The van der Waals surface area contributed by atoms with Gasteiger partial charge in [-0.2, -0.15) is 0 Å². The summed E-state index contributed by atoms with van der Waals surface area (Å²) in [5, 5.41) is 7.65. The fourth-order valence-corrected chi connectivity index (χ4v) is 1.15. The molecule has 0 fully saturated rings. The standard InChI is InChI=1S/C8H9N5/c1-6-12-11-5-13(6)8-2-3-10-4-7(8)9/h2-5H,9H2,1H3. The van der Waals surface area contributed by atoms with Crippen LogP contribution in [0, 0.1) is 6.92 Å². The van der Waals surface area contributed by atoms with E-state index in [0.29, 0.717) is 5.69 Å². The van der Waals surface area contributed by atoms with E-state index in [0.717, 1.165) is 11.5 Å². The Labute approximate surface area is 75.2 Å². The molecule has 0 unspecified atom stereocenters. The number of aryl methyl sites for hydroxylation is 1. The van der Waals surface area contributed by atoms with Crippen molar-refractivity contribution in [1.82, 2.24) is 19.7 Å². The van der Waals surface area contributed by atoms with Gasteiger partial charge in [0, 0.05) is 6.20 Å². The highest BCUT2D eigenvalue weighted by Gasteiger charge is 2.03. The zero-order valence-corrected chi connectivity index (χ0v) is 7.18. The molecule has 2 aromatic heterocycles. The number of rotatable bonds is 1. The van der Waals surface area contributed by atoms with Crippen molar-refractivity contribution >= 4 is 5.69 Å². The maximum atomic E-state index is 5.74. The van der Waals surface area contributed by atoms with Crippen molar-refractivity contribution in [3.63, 3.8) is 0 Å². The third kappa shape index (κ3) is 1.24. The van der Waals surface area contributed by atoms with E-state index in [9.17, 15) is 0 Å². The number of nitrogens with two attached hydrogens (primary N) is 1. The van der Waals surface area contributed by atoms with Crippen LogP contribution in [0.25, 0.3) is 5.69 Å². The number of pyridine rings is 1. The fourth-order valence-electron chi connectivity index (χ4n) is 1.15. The molecule has 0 saturated carbocycles. The second-order valence-electron chi connectivity index (χ2n) is 2.68. The smallest absolute Gasteiger partial charge is 0.134 e. The van der Waals surface area contributed by atoms with E-state index in [1.807, 2.05) is 17.6 Å². The third-order valence-corrected chi connectivity index (χ3v) is 1.81. The molecular weight excluding hydrogens is 166 g/mol. The molecule has 0 bridgehead atoms. The van der Waals surface area contributed by atoms with Gasteiger partial charge in [-0.05, 0) is 13.0 Å². The molecule has 0 aliphatic heterocycles. The lowest BCUT2D eigenvalue weighted by molar-refractivity contribution is 0.968. The van der Waals surface area contributed by atoms with E-state index in [2.05, 4.69) is 15.2 Å². The van der Waals surface area contributed by atoms with E-state index < -0.39 is 0 Å². The number of nitrogen functional groups attached to an aromatic ring is 1. The molecule has 0 amide bonds. The maximum Gasteiger partial charge on any atom is 0.134 e. The van der Waals surface area contributed by atoms with E-state index >= 15 is 0 Å². The highest BCUT2D eigenvalue weighted by Crippen LogP contribution is 2.15. The number of hydrogen-bond donors (Lipinski definition) is 1. The van der Waals surface area contributed by atoms with Crippen LogP contribution in [0.4, 0.5) is 5.69 Å². The second-order valence-corrected chi connectivity index (χ2v) is 2.68. The first kappa shape index (κ1) is 7.72. The first-order valence-electron chi connectivity index (χ1n) is 3.85. The molecule has 2 aromatic rings. The Morgan fingerprint density at radius 3 is 2.92 bits per heavy atom. The zero-order valence-electron chi connectivity index (χ0n) is 7.18. The first-order valence-corrected chi connectivity index (χ1v) is 3.85. The minimum Gasteiger partial charge on any atom is -0.396 e. The Morgan fingerprint density at radius 2 is 2.31 bits per heavy atom. The molecule has 0 aliphatic carbocycles. The van der Waals surface area contributed by atoms with Crippen molar-refractivity contribution in [3.05, 3.63) is 30.6 Å². The van der Waals surface area contributed by atoms with Gasteiger partial charge in [0.25, 0.3) is 0 Å². The molecule has 0 aromatic carbocycles. The summed E-state index contributed by atoms with van der Waals surface area (Å²) in [7, 11) is 0. The van der Waals surface area contributed by atoms with Crippen LogP contribution in [0.15, 0.2) is 24.8 Å². The van der Waals surface area contributed by atoms with Crippen molar-refractivity contribution in [1.29, 1.82) is 0 Å². The molecule has 5 heteroatoms. The molecule has 0 spiro atoms. The lowest BCUT2D eigenvalue weighted by atomic mass is 10.3. The summed E-state index contributed by atoms with van der Waals surface area (Å²) >= 11 is 0. The Bertz CT molecular complexity index is 420. The first-order chi connectivity index (χ1) is 6.29. The van der Waals surface area contributed by atoms with Crippen LogP contribution < -0.4 is 5.73 Å². The Morgan fingerprint density at radius 1 is 1.46 bits per heavy atom. The summed E-state index contributed by atoms with van der Waals surface area (Å²) in [4.78, 5) is 3.91. The molecule has 13 heavy (non-hydrogen) atoms. The van der Waals surface area contributed by atoms with Crippen molar-refractivity contribution in [2.45, 2.75) is 6.92 Å². The molecular formula is C8H9N5. The Hall–Kier alpha value is -1.91. The average Bonchev–Trinajstić information content (AvgIpc) is 2.52. The molecule has 0 radical (unpaired) electrons. The summed E-state index contributed by atoms with van der Waals surface area (Å²) in [5.74, 6) is 0.804. The lowest BCUT2D eigenvalue weighted by Crippen LogP contribution is -2.00. The van der Waals surface area contributed by atoms with Crippen LogP contribution in [0.2, 0.25) is 0 Å². The maximum absolute atomic E-state index is 5.74. The van der Waals surface area contributed by atoms with Gasteiger partial charge in [0.2, 0.25) is 0 Å². The van der Waals surface area contributed by atoms with Gasteiger partial charge in [-0.15, -0.1) is 10.2 Å². The lowest BCUT2D eigenvalue weighted by Gasteiger charge is -2.05. The Balaban J connectivity index is 2.59.